The van der Waals surface area contributed by atoms with Gasteiger partial charge in [0.05, 0.1) is 12.8 Å². The highest BCUT2D eigenvalue weighted by Crippen LogP contribution is 2.16. The van der Waals surface area contributed by atoms with Crippen molar-refractivity contribution >= 4 is 17.4 Å². The minimum absolute atomic E-state index is 0.608. The molecule has 0 aliphatic heterocycles. The highest BCUT2D eigenvalue weighted by molar-refractivity contribution is 7.99. The molecular formula is C11H12N2O2S. The van der Waals surface area contributed by atoms with Crippen molar-refractivity contribution in [1.29, 1.82) is 0 Å². The van der Waals surface area contributed by atoms with Gasteiger partial charge in [0.15, 0.2) is 0 Å². The maximum Gasteiger partial charge on any atom is 0.255 e. The van der Waals surface area contributed by atoms with E-state index in [0.29, 0.717) is 11.8 Å². The normalized spacial score (nSPS) is 10.2. The molecule has 2 N–H and O–H groups in total. The van der Waals surface area contributed by atoms with E-state index in [1.165, 1.54) is 11.8 Å². The van der Waals surface area contributed by atoms with Gasteiger partial charge in [-0.1, -0.05) is 11.8 Å². The van der Waals surface area contributed by atoms with E-state index in [9.17, 15) is 0 Å². The zero-order chi connectivity index (χ0) is 11.2. The van der Waals surface area contributed by atoms with Gasteiger partial charge in [0.1, 0.15) is 12.0 Å². The second kappa shape index (κ2) is 5.46. The van der Waals surface area contributed by atoms with Crippen molar-refractivity contribution in [2.24, 2.45) is 0 Å². The van der Waals surface area contributed by atoms with Crippen LogP contribution in [0.15, 0.2) is 46.4 Å². The summed E-state index contributed by atoms with van der Waals surface area (Å²) in [5.74, 6) is 1.62. The zero-order valence-electron chi connectivity index (χ0n) is 8.63. The first-order valence-electron chi connectivity index (χ1n) is 4.85. The van der Waals surface area contributed by atoms with Crippen LogP contribution in [0, 0.1) is 0 Å². The van der Waals surface area contributed by atoms with Gasteiger partial charge in [-0.25, -0.2) is 4.98 Å². The number of benzene rings is 1. The van der Waals surface area contributed by atoms with Crippen molar-refractivity contribution in [1.82, 2.24) is 4.98 Å². The van der Waals surface area contributed by atoms with Crippen LogP contribution in [0.5, 0.6) is 5.75 Å². The van der Waals surface area contributed by atoms with Crippen LogP contribution in [-0.2, 0) is 0 Å². The smallest absolute Gasteiger partial charge is 0.255 e. The van der Waals surface area contributed by atoms with Gasteiger partial charge in [0.25, 0.3) is 5.22 Å². The van der Waals surface area contributed by atoms with Crippen molar-refractivity contribution < 1.29 is 9.15 Å². The van der Waals surface area contributed by atoms with Crippen molar-refractivity contribution in [3.8, 4) is 5.75 Å². The third-order valence-corrected chi connectivity index (χ3v) is 2.69. The Morgan fingerprint density at radius 3 is 2.81 bits per heavy atom. The number of aromatic nitrogens is 1. The topological polar surface area (TPSA) is 61.3 Å². The number of nitrogen functional groups attached to an aromatic ring is 1. The first kappa shape index (κ1) is 10.9. The van der Waals surface area contributed by atoms with Crippen LogP contribution in [0.4, 0.5) is 5.69 Å². The molecule has 0 aliphatic rings. The first-order valence-corrected chi connectivity index (χ1v) is 5.84. The minimum atomic E-state index is 0.608. The van der Waals surface area contributed by atoms with Gasteiger partial charge in [-0.15, -0.1) is 0 Å². The Hall–Kier alpha value is -1.62. The number of nitrogens with zero attached hydrogens (tertiary/aromatic N) is 1. The lowest BCUT2D eigenvalue weighted by Crippen LogP contribution is -2.00. The Kier molecular flexibility index (Phi) is 3.71. The fourth-order valence-corrected chi connectivity index (χ4v) is 1.73. The molecule has 5 heteroatoms. The Morgan fingerprint density at radius 1 is 1.31 bits per heavy atom. The fraction of sp³-hybridized carbons (Fsp3) is 0.182. The molecule has 0 saturated carbocycles. The van der Waals surface area contributed by atoms with Gasteiger partial charge in [-0.3, -0.25) is 0 Å². The van der Waals surface area contributed by atoms with Gasteiger partial charge in [0, 0.05) is 11.4 Å². The number of thioether (sulfide) groups is 1. The summed E-state index contributed by atoms with van der Waals surface area (Å²) >= 11 is 1.52. The predicted octanol–water partition coefficient (Wildman–Crippen LogP) is 2.43. The second-order valence-electron chi connectivity index (χ2n) is 3.06. The molecule has 0 amide bonds. The molecule has 1 aromatic carbocycles. The molecule has 1 heterocycles. The number of hydrogen-bond acceptors (Lipinski definition) is 5. The van der Waals surface area contributed by atoms with Crippen LogP contribution in [-0.4, -0.2) is 17.3 Å². The summed E-state index contributed by atoms with van der Waals surface area (Å²) in [6.07, 6.45) is 3.19. The van der Waals surface area contributed by atoms with Crippen molar-refractivity contribution in [2.75, 3.05) is 18.1 Å². The average molecular weight is 236 g/mol. The Bertz CT molecular complexity index is 414. The minimum Gasteiger partial charge on any atom is -0.493 e. The Labute approximate surface area is 97.8 Å². The average Bonchev–Trinajstić information content (AvgIpc) is 2.80. The summed E-state index contributed by atoms with van der Waals surface area (Å²) in [6, 6.07) is 7.34. The molecule has 0 radical (unpaired) electrons. The van der Waals surface area contributed by atoms with Crippen LogP contribution in [0.1, 0.15) is 0 Å². The maximum atomic E-state index is 5.57. The maximum absolute atomic E-state index is 5.57. The van der Waals surface area contributed by atoms with E-state index in [0.717, 1.165) is 17.2 Å². The molecule has 0 unspecified atom stereocenters. The summed E-state index contributed by atoms with van der Waals surface area (Å²) in [7, 11) is 0. The summed E-state index contributed by atoms with van der Waals surface area (Å²) in [4.78, 5) is 4.00. The van der Waals surface area contributed by atoms with E-state index in [1.54, 1.807) is 12.5 Å². The Balaban J connectivity index is 1.70. The first-order chi connectivity index (χ1) is 7.84. The molecule has 0 atom stereocenters. The second-order valence-corrected chi connectivity index (χ2v) is 4.11. The quantitative estimate of drug-likeness (QED) is 0.491. The number of ether oxygens (including phenoxy) is 1. The largest absolute Gasteiger partial charge is 0.493 e. The highest BCUT2D eigenvalue weighted by atomic mass is 32.2. The van der Waals surface area contributed by atoms with Gasteiger partial charge in [0.2, 0.25) is 0 Å². The van der Waals surface area contributed by atoms with E-state index >= 15 is 0 Å². The van der Waals surface area contributed by atoms with Gasteiger partial charge >= 0.3 is 0 Å². The van der Waals surface area contributed by atoms with Gasteiger partial charge < -0.3 is 14.9 Å². The molecule has 0 spiro atoms. The van der Waals surface area contributed by atoms with E-state index < -0.39 is 0 Å². The van der Waals surface area contributed by atoms with Crippen molar-refractivity contribution in [2.45, 2.75) is 5.22 Å². The number of hydrogen-bond donors (Lipinski definition) is 1. The lowest BCUT2D eigenvalue weighted by molar-refractivity contribution is 0.343. The SMILES string of the molecule is Nc1ccc(OCCSc2ncco2)cc1. The molecule has 0 bridgehead atoms. The van der Waals surface area contributed by atoms with Crippen LogP contribution in [0.3, 0.4) is 0 Å². The third-order valence-electron chi connectivity index (χ3n) is 1.87. The lowest BCUT2D eigenvalue weighted by atomic mass is 10.3. The molecule has 16 heavy (non-hydrogen) atoms. The highest BCUT2D eigenvalue weighted by Gasteiger charge is 1.98. The molecule has 2 aromatic rings. The van der Waals surface area contributed by atoms with E-state index in [4.69, 9.17) is 14.9 Å². The molecular weight excluding hydrogens is 224 g/mol. The summed E-state index contributed by atoms with van der Waals surface area (Å²) in [6.45, 7) is 0.608. The van der Waals surface area contributed by atoms with Gasteiger partial charge in [-0.2, -0.15) is 0 Å². The van der Waals surface area contributed by atoms with Crippen molar-refractivity contribution in [3.63, 3.8) is 0 Å². The van der Waals surface area contributed by atoms with Crippen LogP contribution >= 0.6 is 11.8 Å². The predicted molar refractivity (Wildman–Crippen MR) is 63.6 cm³/mol. The molecule has 4 nitrogen and oxygen atoms in total. The molecule has 2 rings (SSSR count). The Morgan fingerprint density at radius 2 is 2.12 bits per heavy atom. The van der Waals surface area contributed by atoms with Crippen LogP contribution in [0.25, 0.3) is 0 Å². The molecule has 84 valence electrons. The number of rotatable bonds is 5. The summed E-state index contributed by atoms with van der Waals surface area (Å²) in [5.41, 5.74) is 6.30. The molecule has 1 aromatic heterocycles. The van der Waals surface area contributed by atoms with Gasteiger partial charge in [-0.05, 0) is 24.3 Å². The van der Waals surface area contributed by atoms with Crippen LogP contribution in [0.2, 0.25) is 0 Å². The number of oxazole rings is 1. The van der Waals surface area contributed by atoms with E-state index in [-0.39, 0.29) is 0 Å². The van der Waals surface area contributed by atoms with E-state index in [1.807, 2.05) is 24.3 Å². The third kappa shape index (κ3) is 3.20. The fourth-order valence-electron chi connectivity index (χ4n) is 1.13. The summed E-state index contributed by atoms with van der Waals surface area (Å²) in [5, 5.41) is 0.668. The lowest BCUT2D eigenvalue weighted by Gasteiger charge is -2.04. The van der Waals surface area contributed by atoms with E-state index in [2.05, 4.69) is 4.98 Å². The zero-order valence-corrected chi connectivity index (χ0v) is 9.44. The number of nitrogens with two attached hydrogens (primary N) is 1. The molecule has 0 fully saturated rings. The molecule has 0 aliphatic carbocycles. The summed E-state index contributed by atoms with van der Waals surface area (Å²) < 4.78 is 10.6. The molecule has 0 saturated heterocycles. The standard InChI is InChI=1S/C11H12N2O2S/c12-9-1-3-10(4-2-9)14-7-8-16-11-13-5-6-15-11/h1-6H,7-8,12H2. The van der Waals surface area contributed by atoms with Crippen LogP contribution < -0.4 is 10.5 Å². The monoisotopic (exact) mass is 236 g/mol. The van der Waals surface area contributed by atoms with Crippen molar-refractivity contribution in [3.05, 3.63) is 36.7 Å². The number of anilines is 1.